The highest BCUT2D eigenvalue weighted by Gasteiger charge is 2.27. The summed E-state index contributed by atoms with van der Waals surface area (Å²) >= 11 is 0.708. The van der Waals surface area contributed by atoms with E-state index in [1.165, 1.54) is 0 Å². The van der Waals surface area contributed by atoms with Crippen LogP contribution in [0, 0.1) is 0 Å². The molecule has 0 amide bonds. The van der Waals surface area contributed by atoms with Crippen molar-refractivity contribution < 1.29 is 9.90 Å². The van der Waals surface area contributed by atoms with Crippen LogP contribution in [0.4, 0.5) is 0 Å². The molecular formula is C5H11NO2S. The SMILES string of the molecule is [2H]SC(C)(C)[C@H](N)C(=O)O. The minimum atomic E-state index is -1.07. The van der Waals surface area contributed by atoms with Gasteiger partial charge in [-0.3, -0.25) is 4.79 Å². The molecule has 0 aliphatic carbocycles. The maximum Gasteiger partial charge on any atom is 0.321 e. The molecule has 0 aromatic carbocycles. The molecule has 0 spiro atoms. The number of thiol groups is 1. The van der Waals surface area contributed by atoms with Gasteiger partial charge in [0.2, 0.25) is 0 Å². The van der Waals surface area contributed by atoms with Gasteiger partial charge in [0.05, 0.1) is 0 Å². The number of aliphatic carboxylic acids is 1. The van der Waals surface area contributed by atoms with Crippen molar-refractivity contribution in [3.05, 3.63) is 0 Å². The van der Waals surface area contributed by atoms with E-state index < -0.39 is 16.8 Å². The second-order valence-electron chi connectivity index (χ2n) is 2.42. The highest BCUT2D eigenvalue weighted by molar-refractivity contribution is 7.81. The highest BCUT2D eigenvalue weighted by Crippen LogP contribution is 2.15. The first-order valence-electron chi connectivity index (χ1n) is 2.95. The summed E-state index contributed by atoms with van der Waals surface area (Å²) < 4.78 is 6.19. The lowest BCUT2D eigenvalue weighted by Crippen LogP contribution is -2.45. The Morgan fingerprint density at radius 1 is 2.00 bits per heavy atom. The summed E-state index contributed by atoms with van der Waals surface area (Å²) in [5.74, 6) is -1.07. The third-order valence-electron chi connectivity index (χ3n) is 1.02. The van der Waals surface area contributed by atoms with Gasteiger partial charge in [-0.05, 0) is 13.8 Å². The van der Waals surface area contributed by atoms with Crippen molar-refractivity contribution >= 4 is 18.5 Å². The largest absolute Gasteiger partial charge is 0.480 e. The van der Waals surface area contributed by atoms with Crippen molar-refractivity contribution in [2.45, 2.75) is 24.6 Å². The van der Waals surface area contributed by atoms with E-state index in [-0.39, 0.29) is 0 Å². The molecule has 0 aliphatic rings. The fourth-order valence-electron chi connectivity index (χ4n) is 0.297. The standard InChI is InChI=1S/C5H11NO2S/c1-5(2,9)3(6)4(7)8/h3,9H,6H2,1-2H3,(H,7,8)/t3-/m1/s1/i/hD. The molecule has 54 valence electrons. The van der Waals surface area contributed by atoms with Crippen LogP contribution in [-0.4, -0.2) is 23.0 Å². The first-order chi connectivity index (χ1) is 4.41. The Morgan fingerprint density at radius 3 is 2.56 bits per heavy atom. The predicted octanol–water partition coefficient (Wildman–Crippen LogP) is 0.107. The lowest BCUT2D eigenvalue weighted by atomic mass is 10.1. The van der Waals surface area contributed by atoms with E-state index in [4.69, 9.17) is 12.0 Å². The molecule has 0 aliphatic heterocycles. The maximum absolute atomic E-state index is 10.3. The quantitative estimate of drug-likeness (QED) is 0.500. The second kappa shape index (κ2) is 2.58. The van der Waals surface area contributed by atoms with E-state index in [0.717, 1.165) is 0 Å². The Morgan fingerprint density at radius 2 is 2.44 bits per heavy atom. The van der Waals surface area contributed by atoms with Crippen LogP contribution in [0.15, 0.2) is 0 Å². The lowest BCUT2D eigenvalue weighted by molar-refractivity contribution is -0.139. The Bertz CT molecular complexity index is 140. The summed E-state index contributed by atoms with van der Waals surface area (Å²) in [7, 11) is 0. The van der Waals surface area contributed by atoms with Crippen molar-refractivity contribution in [1.29, 1.82) is 1.12 Å². The minimum Gasteiger partial charge on any atom is -0.480 e. The summed E-state index contributed by atoms with van der Waals surface area (Å²) in [5.41, 5.74) is 5.26. The fourth-order valence-corrected chi connectivity index (χ4v) is 0.398. The zero-order chi connectivity index (χ0) is 8.36. The number of carbonyl (C=O) groups is 1. The number of rotatable bonds is 3. The van der Waals surface area contributed by atoms with Crippen LogP contribution in [0.5, 0.6) is 0 Å². The smallest absolute Gasteiger partial charge is 0.321 e. The van der Waals surface area contributed by atoms with Gasteiger partial charge in [0.25, 0.3) is 0 Å². The van der Waals surface area contributed by atoms with Crippen molar-refractivity contribution in [3.63, 3.8) is 0 Å². The van der Waals surface area contributed by atoms with Crippen molar-refractivity contribution in [1.82, 2.24) is 0 Å². The monoisotopic (exact) mass is 150 g/mol. The summed E-state index contributed by atoms with van der Waals surface area (Å²) in [6.45, 7) is 3.26. The molecule has 9 heavy (non-hydrogen) atoms. The van der Waals surface area contributed by atoms with Crippen molar-refractivity contribution in [3.8, 4) is 0 Å². The summed E-state index contributed by atoms with van der Waals surface area (Å²) in [4.78, 5) is 10.3. The molecule has 0 saturated carbocycles. The molecule has 3 nitrogen and oxygen atoms in total. The second-order valence-corrected chi connectivity index (χ2v) is 3.47. The topological polar surface area (TPSA) is 63.3 Å². The van der Waals surface area contributed by atoms with Crippen LogP contribution in [0.1, 0.15) is 13.8 Å². The van der Waals surface area contributed by atoms with Crippen LogP contribution in [-0.2, 0) is 4.79 Å². The molecule has 0 radical (unpaired) electrons. The van der Waals surface area contributed by atoms with Gasteiger partial charge in [0.15, 0.2) is 0 Å². The average molecular weight is 150 g/mol. The van der Waals surface area contributed by atoms with Gasteiger partial charge in [-0.25, -0.2) is 0 Å². The molecule has 0 bridgehead atoms. The Hall–Kier alpha value is -0.220. The molecule has 0 saturated heterocycles. The van der Waals surface area contributed by atoms with Gasteiger partial charge in [-0.15, -0.1) is 0 Å². The molecule has 0 rings (SSSR count). The van der Waals surface area contributed by atoms with Gasteiger partial charge >= 0.3 is 5.97 Å². The third kappa shape index (κ3) is 2.72. The van der Waals surface area contributed by atoms with Gasteiger partial charge in [-0.1, -0.05) is 0 Å². The fraction of sp³-hybridized carbons (Fsp3) is 0.800. The number of carboxylic acids is 1. The Balaban J connectivity index is 4.17. The van der Waals surface area contributed by atoms with Crippen LogP contribution < -0.4 is 5.73 Å². The minimum absolute atomic E-state index is 0.708. The summed E-state index contributed by atoms with van der Waals surface area (Å²) in [6.07, 6.45) is 0. The van der Waals surface area contributed by atoms with E-state index in [9.17, 15) is 4.79 Å². The van der Waals surface area contributed by atoms with Crippen molar-refractivity contribution in [2.24, 2.45) is 5.73 Å². The van der Waals surface area contributed by atoms with Gasteiger partial charge < -0.3 is 10.8 Å². The zero-order valence-corrected chi connectivity index (χ0v) is 6.23. The number of carboxylic acid groups (broad SMARTS) is 1. The molecule has 0 fully saturated rings. The normalized spacial score (nSPS) is 16.6. The van der Waals surface area contributed by atoms with Crippen LogP contribution in [0.2, 0.25) is 0 Å². The highest BCUT2D eigenvalue weighted by atomic mass is 32.1. The zero-order valence-electron chi connectivity index (χ0n) is 6.42. The van der Waals surface area contributed by atoms with E-state index in [0.29, 0.717) is 12.5 Å². The first-order valence-corrected chi connectivity index (χ1v) is 2.95. The Kier molecular flexibility index (Phi) is 1.97. The van der Waals surface area contributed by atoms with Gasteiger partial charge in [-0.2, -0.15) is 12.5 Å². The first kappa shape index (κ1) is 6.89. The number of hydrogen-bond acceptors (Lipinski definition) is 3. The van der Waals surface area contributed by atoms with E-state index in [2.05, 4.69) is 0 Å². The summed E-state index contributed by atoms with van der Waals surface area (Å²) in [6, 6.07) is -0.977. The molecule has 0 unspecified atom stereocenters. The molecule has 0 heterocycles. The maximum atomic E-state index is 10.3. The van der Waals surface area contributed by atoms with E-state index in [1.54, 1.807) is 13.8 Å². The number of nitrogens with two attached hydrogens (primary N) is 1. The van der Waals surface area contributed by atoms with Crippen LogP contribution in [0.3, 0.4) is 0 Å². The number of hydrogen-bond donors (Lipinski definition) is 3. The molecular weight excluding hydrogens is 138 g/mol. The molecule has 0 aromatic rings. The Labute approximate surface area is 60.7 Å². The average Bonchev–Trinajstić information content (AvgIpc) is 1.86. The van der Waals surface area contributed by atoms with Crippen LogP contribution in [0.25, 0.3) is 0 Å². The predicted molar refractivity (Wildman–Crippen MR) is 38.7 cm³/mol. The molecule has 0 aromatic heterocycles. The van der Waals surface area contributed by atoms with Crippen LogP contribution >= 0.6 is 12.5 Å². The van der Waals surface area contributed by atoms with E-state index in [1.807, 2.05) is 0 Å². The van der Waals surface area contributed by atoms with Gasteiger partial charge in [0.1, 0.15) is 7.17 Å². The van der Waals surface area contributed by atoms with E-state index >= 15 is 0 Å². The molecule has 3 N–H and O–H groups in total. The molecule has 1 atom stereocenters. The lowest BCUT2D eigenvalue weighted by Gasteiger charge is -2.21. The summed E-state index contributed by atoms with van der Waals surface area (Å²) in [5, 5.41) is 8.43. The molecule has 4 heteroatoms. The van der Waals surface area contributed by atoms with Crippen molar-refractivity contribution in [2.75, 3.05) is 0 Å². The van der Waals surface area contributed by atoms with Gasteiger partial charge in [0, 0.05) is 4.75 Å². The third-order valence-corrected chi connectivity index (χ3v) is 1.27.